The largest absolute Gasteiger partial charge is 0.391 e. The summed E-state index contributed by atoms with van der Waals surface area (Å²) < 4.78 is 5.12. The molecular formula is C6H7ClN4O. The highest BCUT2D eigenvalue weighted by Crippen LogP contribution is 2.09. The van der Waals surface area contributed by atoms with Gasteiger partial charge in [-0.3, -0.25) is 0 Å². The van der Waals surface area contributed by atoms with E-state index in [1.165, 1.54) is 0 Å². The van der Waals surface area contributed by atoms with Crippen molar-refractivity contribution >= 4 is 12.4 Å². The van der Waals surface area contributed by atoms with Gasteiger partial charge in [-0.2, -0.15) is 0 Å². The van der Waals surface area contributed by atoms with E-state index in [2.05, 4.69) is 19.9 Å². The minimum absolute atomic E-state index is 0. The van der Waals surface area contributed by atoms with E-state index < -0.39 is 0 Å². The number of aromatic amines is 2. The summed E-state index contributed by atoms with van der Waals surface area (Å²) in [7, 11) is 0. The second-order valence-electron chi connectivity index (χ2n) is 1.89. The number of aromatic nitrogens is 4. The maximum absolute atomic E-state index is 5.12. The van der Waals surface area contributed by atoms with Crippen LogP contribution in [0.1, 0.15) is 0 Å². The molecule has 0 unspecified atom stereocenters. The lowest BCUT2D eigenvalue weighted by atomic mass is 11.0. The van der Waals surface area contributed by atoms with Crippen LogP contribution in [-0.2, 0) is 0 Å². The van der Waals surface area contributed by atoms with E-state index in [9.17, 15) is 0 Å². The zero-order valence-electron chi connectivity index (χ0n) is 6.02. The van der Waals surface area contributed by atoms with E-state index in [4.69, 9.17) is 4.74 Å². The van der Waals surface area contributed by atoms with Gasteiger partial charge < -0.3 is 14.7 Å². The SMILES string of the molecule is Cl.c1c[nH]c(Oc2ncc[nH]2)n1. The molecule has 2 aromatic heterocycles. The molecule has 12 heavy (non-hydrogen) atoms. The summed E-state index contributed by atoms with van der Waals surface area (Å²) in [6.45, 7) is 0. The molecule has 2 aromatic rings. The van der Waals surface area contributed by atoms with E-state index >= 15 is 0 Å². The summed E-state index contributed by atoms with van der Waals surface area (Å²) in [5.41, 5.74) is 0. The molecule has 0 atom stereocenters. The third-order valence-electron chi connectivity index (χ3n) is 1.14. The van der Waals surface area contributed by atoms with Crippen LogP contribution in [0.25, 0.3) is 0 Å². The van der Waals surface area contributed by atoms with Gasteiger partial charge in [-0.05, 0) is 0 Å². The normalized spacial score (nSPS) is 9.00. The predicted octanol–water partition coefficient (Wildman–Crippen LogP) is 1.35. The molecule has 0 saturated carbocycles. The first-order chi connectivity index (χ1) is 5.45. The Bertz CT molecular complexity index is 272. The first-order valence-corrected chi connectivity index (χ1v) is 3.12. The molecule has 0 saturated heterocycles. The Morgan fingerprint density at radius 2 is 1.50 bits per heavy atom. The fourth-order valence-electron chi connectivity index (χ4n) is 0.705. The van der Waals surface area contributed by atoms with Crippen molar-refractivity contribution in [3.8, 4) is 12.0 Å². The fraction of sp³-hybridized carbons (Fsp3) is 0. The van der Waals surface area contributed by atoms with Crippen LogP contribution in [0.15, 0.2) is 24.8 Å². The minimum atomic E-state index is 0. The standard InChI is InChI=1S/C6H6N4O.ClH/c1-2-8-5(7-1)11-6-9-3-4-10-6;/h1-4H,(H,7,8)(H,9,10);1H. The van der Waals surface area contributed by atoms with Crippen molar-refractivity contribution in [2.75, 3.05) is 0 Å². The zero-order valence-corrected chi connectivity index (χ0v) is 6.84. The molecule has 0 spiro atoms. The summed E-state index contributed by atoms with van der Waals surface area (Å²) in [6, 6.07) is 0.861. The monoisotopic (exact) mass is 186 g/mol. The van der Waals surface area contributed by atoms with Crippen molar-refractivity contribution in [1.82, 2.24) is 19.9 Å². The third-order valence-corrected chi connectivity index (χ3v) is 1.14. The lowest BCUT2D eigenvalue weighted by molar-refractivity contribution is 0.416. The van der Waals surface area contributed by atoms with Gasteiger partial charge in [0.2, 0.25) is 0 Å². The Hall–Kier alpha value is -1.49. The zero-order chi connectivity index (χ0) is 7.52. The lowest BCUT2D eigenvalue weighted by Crippen LogP contribution is -1.86. The highest BCUT2D eigenvalue weighted by molar-refractivity contribution is 5.85. The number of nitrogens with one attached hydrogen (secondary N) is 2. The van der Waals surface area contributed by atoms with E-state index in [-0.39, 0.29) is 12.4 Å². The van der Waals surface area contributed by atoms with Gasteiger partial charge in [0.1, 0.15) is 0 Å². The maximum Gasteiger partial charge on any atom is 0.301 e. The number of nitrogens with zero attached hydrogens (tertiary/aromatic N) is 2. The van der Waals surface area contributed by atoms with Crippen molar-refractivity contribution in [2.24, 2.45) is 0 Å². The molecular weight excluding hydrogens is 180 g/mol. The van der Waals surface area contributed by atoms with E-state index in [0.29, 0.717) is 12.0 Å². The molecule has 2 heterocycles. The number of hydrogen-bond donors (Lipinski definition) is 2. The maximum atomic E-state index is 5.12. The number of imidazole rings is 2. The van der Waals surface area contributed by atoms with Crippen LogP contribution in [0.4, 0.5) is 0 Å². The van der Waals surface area contributed by atoms with Gasteiger partial charge in [-0.15, -0.1) is 12.4 Å². The Kier molecular flexibility index (Phi) is 2.71. The lowest BCUT2D eigenvalue weighted by Gasteiger charge is -1.93. The number of rotatable bonds is 2. The van der Waals surface area contributed by atoms with Crippen molar-refractivity contribution in [1.29, 1.82) is 0 Å². The Labute approximate surface area is 74.6 Å². The number of hydrogen-bond acceptors (Lipinski definition) is 3. The van der Waals surface area contributed by atoms with Gasteiger partial charge >= 0.3 is 12.0 Å². The molecule has 0 amide bonds. The van der Waals surface area contributed by atoms with Gasteiger partial charge in [0.15, 0.2) is 0 Å². The molecule has 0 aliphatic rings. The second-order valence-corrected chi connectivity index (χ2v) is 1.89. The quantitative estimate of drug-likeness (QED) is 0.744. The van der Waals surface area contributed by atoms with Crippen LogP contribution < -0.4 is 4.74 Å². The first kappa shape index (κ1) is 8.61. The van der Waals surface area contributed by atoms with Crippen molar-refractivity contribution in [2.45, 2.75) is 0 Å². The molecule has 64 valence electrons. The van der Waals surface area contributed by atoms with Crippen molar-refractivity contribution in [3.63, 3.8) is 0 Å². The van der Waals surface area contributed by atoms with Gasteiger partial charge in [-0.25, -0.2) is 9.97 Å². The summed E-state index contributed by atoms with van der Waals surface area (Å²) in [6.07, 6.45) is 6.58. The van der Waals surface area contributed by atoms with Crippen LogP contribution in [0, 0.1) is 0 Å². The van der Waals surface area contributed by atoms with E-state index in [1.807, 2.05) is 0 Å². The van der Waals surface area contributed by atoms with Gasteiger partial charge in [0.25, 0.3) is 0 Å². The Balaban J connectivity index is 0.000000720. The summed E-state index contributed by atoms with van der Waals surface area (Å²) in [5, 5.41) is 0. The molecule has 5 nitrogen and oxygen atoms in total. The molecule has 2 rings (SSSR count). The fourth-order valence-corrected chi connectivity index (χ4v) is 0.705. The van der Waals surface area contributed by atoms with Crippen LogP contribution in [0.5, 0.6) is 12.0 Å². The number of H-pyrrole nitrogens is 2. The summed E-state index contributed by atoms with van der Waals surface area (Å²) in [4.78, 5) is 13.3. The smallest absolute Gasteiger partial charge is 0.301 e. The molecule has 0 radical (unpaired) electrons. The van der Waals surface area contributed by atoms with Crippen molar-refractivity contribution in [3.05, 3.63) is 24.8 Å². The average Bonchev–Trinajstić information content (AvgIpc) is 2.60. The number of ether oxygens (including phenoxy) is 1. The van der Waals surface area contributed by atoms with Crippen LogP contribution in [0.2, 0.25) is 0 Å². The molecule has 0 aromatic carbocycles. The Morgan fingerprint density at radius 3 is 1.83 bits per heavy atom. The van der Waals surface area contributed by atoms with Gasteiger partial charge in [-0.1, -0.05) is 0 Å². The first-order valence-electron chi connectivity index (χ1n) is 3.12. The van der Waals surface area contributed by atoms with Gasteiger partial charge in [0.05, 0.1) is 0 Å². The van der Waals surface area contributed by atoms with E-state index in [1.54, 1.807) is 24.8 Å². The Morgan fingerprint density at radius 1 is 1.00 bits per heavy atom. The highest BCUT2D eigenvalue weighted by atomic mass is 35.5. The third kappa shape index (κ3) is 1.76. The van der Waals surface area contributed by atoms with Crippen molar-refractivity contribution < 1.29 is 4.74 Å². The van der Waals surface area contributed by atoms with Gasteiger partial charge in [0, 0.05) is 24.8 Å². The van der Waals surface area contributed by atoms with E-state index in [0.717, 1.165) is 0 Å². The molecule has 0 aliphatic heterocycles. The average molecular weight is 187 g/mol. The number of halogens is 1. The van der Waals surface area contributed by atoms with Crippen LogP contribution in [-0.4, -0.2) is 19.9 Å². The molecule has 0 bridgehead atoms. The topological polar surface area (TPSA) is 66.6 Å². The minimum Gasteiger partial charge on any atom is -0.391 e. The summed E-state index contributed by atoms with van der Waals surface area (Å²) >= 11 is 0. The predicted molar refractivity (Wildman–Crippen MR) is 44.5 cm³/mol. The molecule has 0 fully saturated rings. The summed E-state index contributed by atoms with van der Waals surface area (Å²) in [5.74, 6) is 0. The molecule has 0 aliphatic carbocycles. The highest BCUT2D eigenvalue weighted by Gasteiger charge is 1.97. The van der Waals surface area contributed by atoms with Crippen LogP contribution in [0.3, 0.4) is 0 Å². The second kappa shape index (κ2) is 3.77. The molecule has 6 heteroatoms. The van der Waals surface area contributed by atoms with Crippen LogP contribution >= 0.6 is 12.4 Å². The molecule has 2 N–H and O–H groups in total.